The third-order valence-corrected chi connectivity index (χ3v) is 4.54. The largest absolute Gasteiger partial charge is 0.508 e. The van der Waals surface area contributed by atoms with Crippen LogP contribution in [0.15, 0.2) is 18.2 Å². The van der Waals surface area contributed by atoms with Crippen LogP contribution in [0.4, 0.5) is 0 Å². The highest BCUT2D eigenvalue weighted by Crippen LogP contribution is 2.34. The maximum absolute atomic E-state index is 12.2. The summed E-state index contributed by atoms with van der Waals surface area (Å²) in [4.78, 5) is 12.2. The standard InChI is InChI=1S/C16H23NO2/c1-4-12-7-8-14(11(12)3)17-16(19)13-6-5-10(2)15(18)9-13/h5-6,9,11-12,14,18H,4,7-8H2,1-3H3,(H,17,19). The number of carbonyl (C=O) groups is 1. The van der Waals surface area contributed by atoms with Crippen LogP contribution >= 0.6 is 0 Å². The van der Waals surface area contributed by atoms with Gasteiger partial charge in [0.15, 0.2) is 0 Å². The first-order valence-corrected chi connectivity index (χ1v) is 7.13. The lowest BCUT2D eigenvalue weighted by Crippen LogP contribution is -2.37. The zero-order chi connectivity index (χ0) is 14.0. The lowest BCUT2D eigenvalue weighted by Gasteiger charge is -2.21. The van der Waals surface area contributed by atoms with Crippen LogP contribution in [-0.4, -0.2) is 17.1 Å². The molecule has 1 aliphatic rings. The summed E-state index contributed by atoms with van der Waals surface area (Å²) in [6.45, 7) is 6.25. The molecule has 104 valence electrons. The highest BCUT2D eigenvalue weighted by molar-refractivity contribution is 5.94. The van der Waals surface area contributed by atoms with Gasteiger partial charge >= 0.3 is 0 Å². The Morgan fingerprint density at radius 2 is 2.16 bits per heavy atom. The van der Waals surface area contributed by atoms with Crippen molar-refractivity contribution in [2.45, 2.75) is 46.1 Å². The Balaban J connectivity index is 2.03. The molecule has 19 heavy (non-hydrogen) atoms. The summed E-state index contributed by atoms with van der Waals surface area (Å²) >= 11 is 0. The predicted octanol–water partition coefficient (Wildman–Crippen LogP) is 3.26. The molecule has 0 heterocycles. The second kappa shape index (κ2) is 5.64. The first kappa shape index (κ1) is 13.9. The minimum Gasteiger partial charge on any atom is -0.508 e. The van der Waals surface area contributed by atoms with Gasteiger partial charge in [-0.3, -0.25) is 4.79 Å². The Morgan fingerprint density at radius 3 is 2.74 bits per heavy atom. The number of carbonyl (C=O) groups excluding carboxylic acids is 1. The van der Waals surface area contributed by atoms with E-state index in [4.69, 9.17) is 0 Å². The first-order valence-electron chi connectivity index (χ1n) is 7.13. The minimum absolute atomic E-state index is 0.0797. The zero-order valence-electron chi connectivity index (χ0n) is 11.9. The van der Waals surface area contributed by atoms with Crippen molar-refractivity contribution in [3.63, 3.8) is 0 Å². The molecule has 0 aromatic heterocycles. The van der Waals surface area contributed by atoms with Crippen LogP contribution < -0.4 is 5.32 Å². The molecule has 3 nitrogen and oxygen atoms in total. The van der Waals surface area contributed by atoms with Crippen LogP contribution in [0.3, 0.4) is 0 Å². The monoisotopic (exact) mass is 261 g/mol. The molecule has 0 aliphatic heterocycles. The topological polar surface area (TPSA) is 49.3 Å². The van der Waals surface area contributed by atoms with E-state index in [1.54, 1.807) is 18.2 Å². The molecule has 1 saturated carbocycles. The maximum Gasteiger partial charge on any atom is 0.251 e. The first-order chi connectivity index (χ1) is 9.02. The van der Waals surface area contributed by atoms with Gasteiger partial charge in [0.25, 0.3) is 5.91 Å². The second-order valence-electron chi connectivity index (χ2n) is 5.69. The highest BCUT2D eigenvalue weighted by atomic mass is 16.3. The summed E-state index contributed by atoms with van der Waals surface area (Å²) in [5.74, 6) is 1.35. The second-order valence-corrected chi connectivity index (χ2v) is 5.69. The zero-order valence-corrected chi connectivity index (χ0v) is 11.9. The number of hydrogen-bond acceptors (Lipinski definition) is 2. The summed E-state index contributed by atoms with van der Waals surface area (Å²) in [6, 6.07) is 5.35. The predicted molar refractivity (Wildman–Crippen MR) is 76.3 cm³/mol. The summed E-state index contributed by atoms with van der Waals surface area (Å²) in [5.41, 5.74) is 1.33. The van der Waals surface area contributed by atoms with Crippen LogP contribution in [0.25, 0.3) is 0 Å². The van der Waals surface area contributed by atoms with Crippen LogP contribution in [-0.2, 0) is 0 Å². The van der Waals surface area contributed by atoms with Gasteiger partial charge in [0, 0.05) is 11.6 Å². The van der Waals surface area contributed by atoms with Crippen molar-refractivity contribution in [1.29, 1.82) is 0 Å². The van der Waals surface area contributed by atoms with Crippen molar-refractivity contribution in [2.75, 3.05) is 0 Å². The smallest absolute Gasteiger partial charge is 0.251 e. The van der Waals surface area contributed by atoms with Gasteiger partial charge in [0.2, 0.25) is 0 Å². The van der Waals surface area contributed by atoms with Crippen molar-refractivity contribution < 1.29 is 9.90 Å². The van der Waals surface area contributed by atoms with Gasteiger partial charge < -0.3 is 10.4 Å². The van der Waals surface area contributed by atoms with E-state index >= 15 is 0 Å². The van der Waals surface area contributed by atoms with E-state index in [0.29, 0.717) is 11.5 Å². The molecule has 3 unspecified atom stereocenters. The molecule has 0 radical (unpaired) electrons. The molecule has 2 rings (SSSR count). The Labute approximate surface area is 115 Å². The quantitative estimate of drug-likeness (QED) is 0.877. The maximum atomic E-state index is 12.2. The molecular formula is C16H23NO2. The van der Waals surface area contributed by atoms with Gasteiger partial charge in [0.05, 0.1) is 0 Å². The molecule has 2 N–H and O–H groups in total. The van der Waals surface area contributed by atoms with Crippen molar-refractivity contribution in [3.8, 4) is 5.75 Å². The number of amides is 1. The van der Waals surface area contributed by atoms with E-state index in [1.165, 1.54) is 12.8 Å². The Bertz CT molecular complexity index is 470. The third-order valence-electron chi connectivity index (χ3n) is 4.54. The fourth-order valence-electron chi connectivity index (χ4n) is 3.03. The number of benzene rings is 1. The number of phenols is 1. The molecule has 1 aliphatic carbocycles. The summed E-state index contributed by atoms with van der Waals surface area (Å²) in [6.07, 6.45) is 3.43. The molecule has 0 bridgehead atoms. The SMILES string of the molecule is CCC1CCC(NC(=O)c2ccc(C)c(O)c2)C1C. The average molecular weight is 261 g/mol. The van der Waals surface area contributed by atoms with Gasteiger partial charge in [-0.15, -0.1) is 0 Å². The molecule has 1 aromatic carbocycles. The Hall–Kier alpha value is -1.51. The molecular weight excluding hydrogens is 238 g/mol. The number of aromatic hydroxyl groups is 1. The Morgan fingerprint density at radius 1 is 1.42 bits per heavy atom. The Kier molecular flexibility index (Phi) is 4.13. The molecule has 3 atom stereocenters. The number of nitrogens with one attached hydrogen (secondary N) is 1. The summed E-state index contributed by atoms with van der Waals surface area (Å²) < 4.78 is 0. The van der Waals surface area contributed by atoms with E-state index in [9.17, 15) is 9.90 Å². The number of phenolic OH excluding ortho intramolecular Hbond substituents is 1. The van der Waals surface area contributed by atoms with Crippen molar-refractivity contribution in [3.05, 3.63) is 29.3 Å². The van der Waals surface area contributed by atoms with Gasteiger partial charge in [-0.1, -0.05) is 26.3 Å². The van der Waals surface area contributed by atoms with E-state index in [2.05, 4.69) is 19.2 Å². The lowest BCUT2D eigenvalue weighted by atomic mass is 9.93. The number of hydrogen-bond donors (Lipinski definition) is 2. The van der Waals surface area contributed by atoms with Gasteiger partial charge in [-0.2, -0.15) is 0 Å². The average Bonchev–Trinajstić information content (AvgIpc) is 2.73. The van der Waals surface area contributed by atoms with Crippen molar-refractivity contribution >= 4 is 5.91 Å². The van der Waals surface area contributed by atoms with Crippen LogP contribution in [0.1, 0.15) is 49.0 Å². The molecule has 0 spiro atoms. The number of aryl methyl sites for hydroxylation is 1. The number of rotatable bonds is 3. The third kappa shape index (κ3) is 2.91. The molecule has 1 fully saturated rings. The van der Waals surface area contributed by atoms with Crippen molar-refractivity contribution in [1.82, 2.24) is 5.32 Å². The molecule has 1 amide bonds. The van der Waals surface area contributed by atoms with Crippen molar-refractivity contribution in [2.24, 2.45) is 11.8 Å². The van der Waals surface area contributed by atoms with Crippen LogP contribution in [0, 0.1) is 18.8 Å². The fourth-order valence-corrected chi connectivity index (χ4v) is 3.03. The molecule has 1 aromatic rings. The van der Waals surface area contributed by atoms with Gasteiger partial charge in [0.1, 0.15) is 5.75 Å². The fraction of sp³-hybridized carbons (Fsp3) is 0.562. The lowest BCUT2D eigenvalue weighted by molar-refractivity contribution is 0.0926. The van der Waals surface area contributed by atoms with E-state index in [-0.39, 0.29) is 17.7 Å². The van der Waals surface area contributed by atoms with E-state index in [0.717, 1.165) is 17.9 Å². The van der Waals surface area contributed by atoms with Gasteiger partial charge in [-0.05, 0) is 49.3 Å². The van der Waals surface area contributed by atoms with E-state index < -0.39 is 0 Å². The summed E-state index contributed by atoms with van der Waals surface area (Å²) in [7, 11) is 0. The highest BCUT2D eigenvalue weighted by Gasteiger charge is 2.32. The summed E-state index contributed by atoms with van der Waals surface area (Å²) in [5, 5.41) is 12.8. The molecule has 0 saturated heterocycles. The molecule has 3 heteroatoms. The van der Waals surface area contributed by atoms with E-state index in [1.807, 2.05) is 6.92 Å². The van der Waals surface area contributed by atoms with Crippen LogP contribution in [0.2, 0.25) is 0 Å². The normalized spacial score (nSPS) is 26.4. The van der Waals surface area contributed by atoms with Gasteiger partial charge in [-0.25, -0.2) is 0 Å². The van der Waals surface area contributed by atoms with Crippen LogP contribution in [0.5, 0.6) is 5.75 Å². The minimum atomic E-state index is -0.0797.